The van der Waals surface area contributed by atoms with Crippen molar-refractivity contribution < 1.29 is 17.9 Å². The Balaban J connectivity index is 2.34. The van der Waals surface area contributed by atoms with Gasteiger partial charge in [0.1, 0.15) is 6.10 Å². The second-order valence-corrected chi connectivity index (χ2v) is 5.04. The Morgan fingerprint density at radius 3 is 2.41 bits per heavy atom. The first-order valence-corrected chi connectivity index (χ1v) is 7.05. The number of hydrogen-bond donors (Lipinski definition) is 1. The second-order valence-electron chi connectivity index (χ2n) is 5.04. The molecule has 0 aliphatic heterocycles. The molecule has 0 aliphatic carbocycles. The highest BCUT2D eigenvalue weighted by Crippen LogP contribution is 2.31. The Labute approximate surface area is 127 Å². The summed E-state index contributed by atoms with van der Waals surface area (Å²) in [6.07, 6.45) is -0.0747. The van der Waals surface area contributed by atoms with Crippen LogP contribution in [0.5, 0.6) is 5.75 Å². The summed E-state index contributed by atoms with van der Waals surface area (Å²) in [5.41, 5.74) is 0.686. The minimum absolute atomic E-state index is 0.0890. The fraction of sp³-hybridized carbons (Fsp3) is 0.294. The summed E-state index contributed by atoms with van der Waals surface area (Å²) in [6, 6.07) is 10.0. The summed E-state index contributed by atoms with van der Waals surface area (Å²) in [5, 5.41) is 2.96. The molecule has 2 nitrogen and oxygen atoms in total. The van der Waals surface area contributed by atoms with Crippen molar-refractivity contribution in [1.29, 1.82) is 0 Å². The number of rotatable bonds is 6. The lowest BCUT2D eigenvalue weighted by Crippen LogP contribution is -2.17. The lowest BCUT2D eigenvalue weighted by Gasteiger charge is -2.20. The van der Waals surface area contributed by atoms with E-state index in [1.165, 1.54) is 6.92 Å². The molecule has 1 N–H and O–H groups in total. The van der Waals surface area contributed by atoms with Gasteiger partial charge in [0.05, 0.1) is 0 Å². The molecule has 0 radical (unpaired) electrons. The first-order chi connectivity index (χ1) is 10.5. The molecule has 0 heterocycles. The van der Waals surface area contributed by atoms with Crippen molar-refractivity contribution in [3.05, 3.63) is 65.0 Å². The van der Waals surface area contributed by atoms with Crippen molar-refractivity contribution in [2.24, 2.45) is 0 Å². The number of nitrogens with one attached hydrogen (secondary N) is 1. The first kappa shape index (κ1) is 16.4. The van der Waals surface area contributed by atoms with Crippen molar-refractivity contribution in [2.75, 3.05) is 13.6 Å². The van der Waals surface area contributed by atoms with Gasteiger partial charge in [-0.3, -0.25) is 0 Å². The lowest BCUT2D eigenvalue weighted by molar-refractivity contribution is 0.175. The van der Waals surface area contributed by atoms with Crippen LogP contribution in [0.4, 0.5) is 13.2 Å². The molecule has 1 unspecified atom stereocenters. The number of benzene rings is 2. The number of ether oxygens (including phenoxy) is 1. The van der Waals surface area contributed by atoms with Crippen LogP contribution in [0.2, 0.25) is 0 Å². The van der Waals surface area contributed by atoms with Gasteiger partial charge in [-0.15, -0.1) is 0 Å². The standard InChI is InChI=1S/C17H18F3NO/c1-11-10-13(18)17(16(20)15(11)19)22-14(8-9-21-2)12-6-4-3-5-7-12/h3-7,10,14,21H,8-9H2,1-2H3. The van der Waals surface area contributed by atoms with E-state index in [1.807, 2.05) is 18.2 Å². The van der Waals surface area contributed by atoms with E-state index in [0.29, 0.717) is 13.0 Å². The maximum Gasteiger partial charge on any atom is 0.203 e. The van der Waals surface area contributed by atoms with Gasteiger partial charge >= 0.3 is 0 Å². The average Bonchev–Trinajstić information content (AvgIpc) is 2.53. The highest BCUT2D eigenvalue weighted by molar-refractivity contribution is 5.33. The molecular formula is C17H18F3NO. The molecule has 0 spiro atoms. The molecule has 0 fully saturated rings. The van der Waals surface area contributed by atoms with Gasteiger partial charge in [-0.2, -0.15) is 4.39 Å². The van der Waals surface area contributed by atoms with Crippen LogP contribution in [0.25, 0.3) is 0 Å². The van der Waals surface area contributed by atoms with E-state index >= 15 is 0 Å². The minimum Gasteiger partial charge on any atom is -0.479 e. The predicted octanol–water partition coefficient (Wildman–Crippen LogP) is 4.14. The highest BCUT2D eigenvalue weighted by Gasteiger charge is 2.22. The summed E-state index contributed by atoms with van der Waals surface area (Å²) in [5.74, 6) is -3.95. The molecule has 2 aromatic rings. The van der Waals surface area contributed by atoms with Crippen LogP contribution in [-0.2, 0) is 0 Å². The maximum atomic E-state index is 14.0. The van der Waals surface area contributed by atoms with E-state index in [4.69, 9.17) is 4.74 Å². The van der Waals surface area contributed by atoms with Gasteiger partial charge in [0.2, 0.25) is 5.82 Å². The molecule has 0 bridgehead atoms. The van der Waals surface area contributed by atoms with Gasteiger partial charge in [-0.1, -0.05) is 30.3 Å². The average molecular weight is 309 g/mol. The van der Waals surface area contributed by atoms with Crippen molar-refractivity contribution in [1.82, 2.24) is 5.32 Å². The maximum absolute atomic E-state index is 14.0. The Morgan fingerprint density at radius 1 is 1.09 bits per heavy atom. The topological polar surface area (TPSA) is 21.3 Å². The molecule has 118 valence electrons. The summed E-state index contributed by atoms with van der Waals surface area (Å²) < 4.78 is 47.0. The fourth-order valence-corrected chi connectivity index (χ4v) is 2.18. The predicted molar refractivity (Wildman–Crippen MR) is 79.4 cm³/mol. The van der Waals surface area contributed by atoms with E-state index in [0.717, 1.165) is 11.6 Å². The normalized spacial score (nSPS) is 12.2. The van der Waals surface area contributed by atoms with Crippen LogP contribution in [0, 0.1) is 24.4 Å². The van der Waals surface area contributed by atoms with E-state index in [9.17, 15) is 13.2 Å². The minimum atomic E-state index is -1.29. The van der Waals surface area contributed by atoms with E-state index < -0.39 is 29.3 Å². The number of halogens is 3. The number of hydrogen-bond acceptors (Lipinski definition) is 2. The smallest absolute Gasteiger partial charge is 0.203 e. The van der Waals surface area contributed by atoms with Crippen LogP contribution in [0.1, 0.15) is 23.7 Å². The van der Waals surface area contributed by atoms with Crippen LogP contribution in [0.3, 0.4) is 0 Å². The summed E-state index contributed by atoms with van der Waals surface area (Å²) in [7, 11) is 1.77. The van der Waals surface area contributed by atoms with E-state index in [2.05, 4.69) is 5.32 Å². The fourth-order valence-electron chi connectivity index (χ4n) is 2.18. The van der Waals surface area contributed by atoms with Crippen molar-refractivity contribution in [3.8, 4) is 5.75 Å². The van der Waals surface area contributed by atoms with Crippen molar-refractivity contribution in [3.63, 3.8) is 0 Å². The third-order valence-corrected chi connectivity index (χ3v) is 3.39. The zero-order valence-electron chi connectivity index (χ0n) is 12.5. The Kier molecular flexibility index (Phi) is 5.44. The molecule has 2 rings (SSSR count). The van der Waals surface area contributed by atoms with Crippen LogP contribution >= 0.6 is 0 Å². The van der Waals surface area contributed by atoms with Crippen molar-refractivity contribution in [2.45, 2.75) is 19.4 Å². The van der Waals surface area contributed by atoms with Crippen LogP contribution in [-0.4, -0.2) is 13.6 Å². The van der Waals surface area contributed by atoms with Crippen molar-refractivity contribution >= 4 is 0 Å². The molecule has 0 saturated heterocycles. The quantitative estimate of drug-likeness (QED) is 0.810. The van der Waals surface area contributed by atoms with Gasteiger partial charge in [0, 0.05) is 6.42 Å². The van der Waals surface area contributed by atoms with Gasteiger partial charge in [0.15, 0.2) is 17.4 Å². The summed E-state index contributed by atoms with van der Waals surface area (Å²) in [6.45, 7) is 1.90. The van der Waals surface area contributed by atoms with Gasteiger partial charge in [0.25, 0.3) is 0 Å². The second kappa shape index (κ2) is 7.31. The summed E-state index contributed by atoms with van der Waals surface area (Å²) in [4.78, 5) is 0. The van der Waals surface area contributed by atoms with E-state index in [1.54, 1.807) is 19.2 Å². The molecule has 22 heavy (non-hydrogen) atoms. The first-order valence-electron chi connectivity index (χ1n) is 7.05. The van der Waals surface area contributed by atoms with Gasteiger partial charge in [-0.05, 0) is 37.7 Å². The third kappa shape index (κ3) is 3.60. The third-order valence-electron chi connectivity index (χ3n) is 3.39. The zero-order valence-corrected chi connectivity index (χ0v) is 12.5. The molecule has 0 amide bonds. The molecular weight excluding hydrogens is 291 g/mol. The van der Waals surface area contributed by atoms with Crippen LogP contribution in [0.15, 0.2) is 36.4 Å². The SMILES string of the molecule is CNCCC(Oc1c(F)cc(C)c(F)c1F)c1ccccc1. The zero-order chi connectivity index (χ0) is 16.1. The molecule has 2 aromatic carbocycles. The molecule has 0 saturated carbocycles. The molecule has 1 atom stereocenters. The van der Waals surface area contributed by atoms with E-state index in [-0.39, 0.29) is 5.56 Å². The molecule has 0 aromatic heterocycles. The van der Waals surface area contributed by atoms with Crippen LogP contribution < -0.4 is 10.1 Å². The highest BCUT2D eigenvalue weighted by atomic mass is 19.2. The molecule has 0 aliphatic rings. The summed E-state index contributed by atoms with van der Waals surface area (Å²) >= 11 is 0. The Morgan fingerprint density at radius 2 is 1.77 bits per heavy atom. The lowest BCUT2D eigenvalue weighted by atomic mass is 10.1. The monoisotopic (exact) mass is 309 g/mol. The largest absolute Gasteiger partial charge is 0.479 e. The molecule has 5 heteroatoms. The Bertz CT molecular complexity index is 632. The van der Waals surface area contributed by atoms with Gasteiger partial charge in [-0.25, -0.2) is 8.78 Å². The Hall–Kier alpha value is -2.01. The number of aryl methyl sites for hydroxylation is 1. The van der Waals surface area contributed by atoms with Gasteiger partial charge < -0.3 is 10.1 Å².